The zero-order valence-electron chi connectivity index (χ0n) is 8.88. The molecule has 0 bridgehead atoms. The summed E-state index contributed by atoms with van der Waals surface area (Å²) < 4.78 is 0. The lowest BCUT2D eigenvalue weighted by Gasteiger charge is -2.03. The van der Waals surface area contributed by atoms with E-state index in [0.29, 0.717) is 16.5 Å². The second-order valence-corrected chi connectivity index (χ2v) is 3.59. The van der Waals surface area contributed by atoms with Crippen LogP contribution in [0.5, 0.6) is 0 Å². The second-order valence-electron chi connectivity index (χ2n) is 3.59. The molecule has 0 saturated heterocycles. The van der Waals surface area contributed by atoms with Gasteiger partial charge in [0.1, 0.15) is 0 Å². The smallest absolute Gasteiger partial charge is 0.354 e. The number of nitro groups is 1. The standard InChI is InChI=1S/C11H8N2O4/c1-6-4-7-2-3-8(13(16)17)5-9(7)12-10(6)11(14)15/h2-5H,1H3,(H,14,15). The number of carbonyl (C=O) groups is 1. The van der Waals surface area contributed by atoms with Crippen LogP contribution in [0.15, 0.2) is 24.3 Å². The van der Waals surface area contributed by atoms with Crippen molar-refractivity contribution in [3.05, 3.63) is 45.6 Å². The number of aromatic nitrogens is 1. The van der Waals surface area contributed by atoms with Crippen LogP contribution in [-0.4, -0.2) is 21.0 Å². The molecule has 17 heavy (non-hydrogen) atoms. The molecule has 1 N–H and O–H groups in total. The molecule has 6 nitrogen and oxygen atoms in total. The number of fused-ring (bicyclic) bond motifs is 1. The third-order valence-electron chi connectivity index (χ3n) is 2.41. The molecule has 1 aromatic carbocycles. The number of aryl methyl sites for hydroxylation is 1. The molecule has 0 spiro atoms. The van der Waals surface area contributed by atoms with Crippen molar-refractivity contribution >= 4 is 22.6 Å². The lowest BCUT2D eigenvalue weighted by molar-refractivity contribution is -0.384. The van der Waals surface area contributed by atoms with E-state index in [9.17, 15) is 14.9 Å². The highest BCUT2D eigenvalue weighted by atomic mass is 16.6. The maximum absolute atomic E-state index is 10.9. The zero-order valence-corrected chi connectivity index (χ0v) is 8.88. The van der Waals surface area contributed by atoms with Crippen molar-refractivity contribution in [2.24, 2.45) is 0 Å². The van der Waals surface area contributed by atoms with Gasteiger partial charge in [-0.05, 0) is 24.6 Å². The number of rotatable bonds is 2. The van der Waals surface area contributed by atoms with E-state index in [1.807, 2.05) is 0 Å². The lowest BCUT2D eigenvalue weighted by atomic mass is 10.1. The summed E-state index contributed by atoms with van der Waals surface area (Å²) in [7, 11) is 0. The van der Waals surface area contributed by atoms with Crippen molar-refractivity contribution in [2.45, 2.75) is 6.92 Å². The van der Waals surface area contributed by atoms with Gasteiger partial charge >= 0.3 is 5.97 Å². The van der Waals surface area contributed by atoms with Crippen LogP contribution < -0.4 is 0 Å². The quantitative estimate of drug-likeness (QED) is 0.632. The predicted molar refractivity (Wildman–Crippen MR) is 60.1 cm³/mol. The van der Waals surface area contributed by atoms with E-state index in [2.05, 4.69) is 4.98 Å². The van der Waals surface area contributed by atoms with Crippen molar-refractivity contribution in [1.29, 1.82) is 0 Å². The van der Waals surface area contributed by atoms with Gasteiger partial charge in [-0.2, -0.15) is 0 Å². The Morgan fingerprint density at radius 1 is 1.41 bits per heavy atom. The number of benzene rings is 1. The van der Waals surface area contributed by atoms with Crippen LogP contribution in [0.1, 0.15) is 16.1 Å². The first-order valence-electron chi connectivity index (χ1n) is 4.78. The van der Waals surface area contributed by atoms with Crippen LogP contribution in [-0.2, 0) is 0 Å². The third kappa shape index (κ3) is 1.92. The number of carboxylic acid groups (broad SMARTS) is 1. The first kappa shape index (κ1) is 11.0. The maximum atomic E-state index is 10.9. The number of hydrogen-bond donors (Lipinski definition) is 1. The van der Waals surface area contributed by atoms with Crippen molar-refractivity contribution in [3.63, 3.8) is 0 Å². The number of non-ortho nitro benzene ring substituents is 1. The Kier molecular flexibility index (Phi) is 2.47. The molecule has 0 saturated carbocycles. The number of hydrogen-bond acceptors (Lipinski definition) is 4. The average molecular weight is 232 g/mol. The van der Waals surface area contributed by atoms with Crippen molar-refractivity contribution in [1.82, 2.24) is 4.98 Å². The average Bonchev–Trinajstić information content (AvgIpc) is 2.27. The summed E-state index contributed by atoms with van der Waals surface area (Å²) in [6.45, 7) is 1.64. The fourth-order valence-electron chi connectivity index (χ4n) is 1.59. The lowest BCUT2D eigenvalue weighted by Crippen LogP contribution is -2.03. The zero-order chi connectivity index (χ0) is 12.6. The van der Waals surface area contributed by atoms with Gasteiger partial charge in [-0.3, -0.25) is 10.1 Å². The summed E-state index contributed by atoms with van der Waals surface area (Å²) in [4.78, 5) is 24.9. The monoisotopic (exact) mass is 232 g/mol. The van der Waals surface area contributed by atoms with Gasteiger partial charge in [0.25, 0.3) is 5.69 Å². The summed E-state index contributed by atoms with van der Waals surface area (Å²) in [6, 6.07) is 5.83. The fraction of sp³-hybridized carbons (Fsp3) is 0.0909. The first-order chi connectivity index (χ1) is 7.99. The number of pyridine rings is 1. The van der Waals surface area contributed by atoms with Gasteiger partial charge in [0.15, 0.2) is 5.69 Å². The third-order valence-corrected chi connectivity index (χ3v) is 2.41. The summed E-state index contributed by atoms with van der Waals surface area (Å²) in [5.41, 5.74) is 0.643. The summed E-state index contributed by atoms with van der Waals surface area (Å²) in [5.74, 6) is -1.14. The van der Waals surface area contributed by atoms with E-state index in [-0.39, 0.29) is 11.4 Å². The van der Waals surface area contributed by atoms with Crippen LogP contribution in [0, 0.1) is 17.0 Å². The number of aromatic carboxylic acids is 1. The molecule has 0 unspecified atom stereocenters. The molecule has 0 radical (unpaired) electrons. The maximum Gasteiger partial charge on any atom is 0.354 e. The molecule has 0 aliphatic carbocycles. The number of carboxylic acids is 1. The highest BCUT2D eigenvalue weighted by molar-refractivity contribution is 5.92. The van der Waals surface area contributed by atoms with E-state index >= 15 is 0 Å². The molecule has 1 heterocycles. The first-order valence-corrected chi connectivity index (χ1v) is 4.78. The fourth-order valence-corrected chi connectivity index (χ4v) is 1.59. The molecule has 0 aliphatic rings. The Morgan fingerprint density at radius 3 is 2.71 bits per heavy atom. The molecule has 0 atom stereocenters. The van der Waals surface area contributed by atoms with E-state index in [0.717, 1.165) is 0 Å². The van der Waals surface area contributed by atoms with Crippen LogP contribution in [0.2, 0.25) is 0 Å². The van der Waals surface area contributed by atoms with E-state index in [1.165, 1.54) is 12.1 Å². The Balaban J connectivity index is 2.72. The van der Waals surface area contributed by atoms with Crippen LogP contribution in [0.3, 0.4) is 0 Å². The molecule has 86 valence electrons. The van der Waals surface area contributed by atoms with Gasteiger partial charge < -0.3 is 5.11 Å². The van der Waals surface area contributed by atoms with E-state index < -0.39 is 10.9 Å². The predicted octanol–water partition coefficient (Wildman–Crippen LogP) is 2.15. The summed E-state index contributed by atoms with van der Waals surface area (Å²) in [5, 5.41) is 20.2. The van der Waals surface area contributed by atoms with Gasteiger partial charge in [-0.15, -0.1) is 0 Å². The summed E-state index contributed by atoms with van der Waals surface area (Å²) in [6.07, 6.45) is 0. The topological polar surface area (TPSA) is 93.3 Å². The molecule has 1 aromatic heterocycles. The summed E-state index contributed by atoms with van der Waals surface area (Å²) >= 11 is 0. The van der Waals surface area contributed by atoms with Gasteiger partial charge in [0.05, 0.1) is 10.4 Å². The van der Waals surface area contributed by atoms with Gasteiger partial charge in [-0.1, -0.05) is 0 Å². The van der Waals surface area contributed by atoms with Crippen LogP contribution >= 0.6 is 0 Å². The van der Waals surface area contributed by atoms with Gasteiger partial charge in [-0.25, -0.2) is 9.78 Å². The van der Waals surface area contributed by atoms with Crippen LogP contribution in [0.25, 0.3) is 10.9 Å². The molecular weight excluding hydrogens is 224 g/mol. The Labute approximate surface area is 95.7 Å². The number of nitrogens with zero attached hydrogens (tertiary/aromatic N) is 2. The van der Waals surface area contributed by atoms with Crippen molar-refractivity contribution in [2.75, 3.05) is 0 Å². The molecule has 0 amide bonds. The molecule has 2 rings (SSSR count). The van der Waals surface area contributed by atoms with Gasteiger partial charge in [0.2, 0.25) is 0 Å². The normalized spacial score (nSPS) is 10.4. The second kappa shape index (κ2) is 3.82. The van der Waals surface area contributed by atoms with Crippen LogP contribution in [0.4, 0.5) is 5.69 Å². The Hall–Kier alpha value is -2.50. The molecule has 6 heteroatoms. The highest BCUT2D eigenvalue weighted by Gasteiger charge is 2.12. The van der Waals surface area contributed by atoms with E-state index in [1.54, 1.807) is 19.1 Å². The number of nitro benzene ring substituents is 1. The molecule has 0 fully saturated rings. The van der Waals surface area contributed by atoms with Gasteiger partial charge in [0, 0.05) is 17.5 Å². The van der Waals surface area contributed by atoms with Crippen molar-refractivity contribution in [3.8, 4) is 0 Å². The molecule has 0 aliphatic heterocycles. The minimum atomic E-state index is -1.14. The minimum absolute atomic E-state index is 0.0852. The largest absolute Gasteiger partial charge is 0.477 e. The van der Waals surface area contributed by atoms with E-state index in [4.69, 9.17) is 5.11 Å². The SMILES string of the molecule is Cc1cc2ccc([N+](=O)[O-])cc2nc1C(=O)O. The molecular formula is C11H8N2O4. The highest BCUT2D eigenvalue weighted by Crippen LogP contribution is 2.21. The van der Waals surface area contributed by atoms with Crippen molar-refractivity contribution < 1.29 is 14.8 Å². The Bertz CT molecular complexity index is 637. The molecule has 2 aromatic rings. The Morgan fingerprint density at radius 2 is 2.12 bits per heavy atom. The minimum Gasteiger partial charge on any atom is -0.477 e.